The summed E-state index contributed by atoms with van der Waals surface area (Å²) in [5.74, 6) is 0.839. The number of hydrogen-bond donors (Lipinski definition) is 2. The van der Waals surface area contributed by atoms with Crippen molar-refractivity contribution in [2.45, 2.75) is 26.4 Å². The van der Waals surface area contributed by atoms with Crippen molar-refractivity contribution < 1.29 is 9.84 Å². The number of ether oxygens (including phenoxy) is 1. The zero-order chi connectivity index (χ0) is 11.3. The Morgan fingerprint density at radius 3 is 2.80 bits per heavy atom. The predicted octanol–water partition coefficient (Wildman–Crippen LogP) is 1.39. The summed E-state index contributed by atoms with van der Waals surface area (Å²) < 4.78 is 5.53. The van der Waals surface area contributed by atoms with Gasteiger partial charge in [-0.2, -0.15) is 0 Å². The lowest BCUT2D eigenvalue weighted by Gasteiger charge is -2.13. The van der Waals surface area contributed by atoms with Crippen molar-refractivity contribution in [2.75, 3.05) is 13.2 Å². The van der Waals surface area contributed by atoms with Crippen LogP contribution in [-0.4, -0.2) is 24.4 Å². The zero-order valence-electron chi connectivity index (χ0n) is 9.36. The van der Waals surface area contributed by atoms with Crippen LogP contribution in [0.1, 0.15) is 17.5 Å². The van der Waals surface area contributed by atoms with Gasteiger partial charge in [0.2, 0.25) is 0 Å². The molecule has 0 fully saturated rings. The molecule has 0 aliphatic rings. The van der Waals surface area contributed by atoms with E-state index in [1.165, 1.54) is 0 Å². The highest BCUT2D eigenvalue weighted by Crippen LogP contribution is 2.19. The highest BCUT2D eigenvalue weighted by Gasteiger charge is 2.05. The molecular formula is C12H19NO2. The summed E-state index contributed by atoms with van der Waals surface area (Å²) in [4.78, 5) is 0. The molecule has 3 nitrogen and oxygen atoms in total. The minimum atomic E-state index is -0.477. The Morgan fingerprint density at radius 1 is 1.40 bits per heavy atom. The lowest BCUT2D eigenvalue weighted by molar-refractivity contribution is 0.102. The molecule has 0 saturated heterocycles. The fraction of sp³-hybridized carbons (Fsp3) is 0.500. The minimum absolute atomic E-state index is 0.307. The molecule has 0 aliphatic heterocycles. The van der Waals surface area contributed by atoms with Crippen molar-refractivity contribution in [1.29, 1.82) is 0 Å². The van der Waals surface area contributed by atoms with E-state index in [-0.39, 0.29) is 0 Å². The first-order valence-electron chi connectivity index (χ1n) is 5.21. The van der Waals surface area contributed by atoms with Crippen LogP contribution in [0.2, 0.25) is 0 Å². The minimum Gasteiger partial charge on any atom is -0.491 e. The van der Waals surface area contributed by atoms with Crippen molar-refractivity contribution in [1.82, 2.24) is 0 Å². The maximum absolute atomic E-state index is 9.47. The van der Waals surface area contributed by atoms with E-state index in [0.717, 1.165) is 16.9 Å². The smallest absolute Gasteiger partial charge is 0.122 e. The molecule has 0 aromatic heterocycles. The maximum atomic E-state index is 9.47. The van der Waals surface area contributed by atoms with Gasteiger partial charge in [0.25, 0.3) is 0 Å². The van der Waals surface area contributed by atoms with Crippen LogP contribution < -0.4 is 10.5 Å². The van der Waals surface area contributed by atoms with Gasteiger partial charge in [-0.05, 0) is 44.0 Å². The first kappa shape index (κ1) is 12.0. The second kappa shape index (κ2) is 5.73. The second-order valence-corrected chi connectivity index (χ2v) is 3.81. The third-order valence-electron chi connectivity index (χ3n) is 2.27. The predicted molar refractivity (Wildman–Crippen MR) is 61.1 cm³/mol. The van der Waals surface area contributed by atoms with Crippen molar-refractivity contribution in [3.63, 3.8) is 0 Å². The van der Waals surface area contributed by atoms with Crippen LogP contribution in [0, 0.1) is 13.8 Å². The van der Waals surface area contributed by atoms with Gasteiger partial charge in [0.15, 0.2) is 0 Å². The Morgan fingerprint density at radius 2 is 2.13 bits per heavy atom. The van der Waals surface area contributed by atoms with Crippen molar-refractivity contribution in [3.05, 3.63) is 29.3 Å². The second-order valence-electron chi connectivity index (χ2n) is 3.81. The largest absolute Gasteiger partial charge is 0.491 e. The molecule has 15 heavy (non-hydrogen) atoms. The Bertz CT molecular complexity index is 312. The summed E-state index contributed by atoms with van der Waals surface area (Å²) >= 11 is 0. The molecule has 0 saturated carbocycles. The standard InChI is InChI=1S/C12H19NO2/c1-9-3-4-10(2)12(7-9)15-8-11(14)5-6-13/h3-4,7,11,14H,5-6,8,13H2,1-2H3. The van der Waals surface area contributed by atoms with E-state index >= 15 is 0 Å². The van der Waals surface area contributed by atoms with Crippen molar-refractivity contribution >= 4 is 0 Å². The van der Waals surface area contributed by atoms with Crippen LogP contribution in [0.15, 0.2) is 18.2 Å². The summed E-state index contributed by atoms with van der Waals surface area (Å²) in [5.41, 5.74) is 7.58. The van der Waals surface area contributed by atoms with Gasteiger partial charge in [-0.25, -0.2) is 0 Å². The molecule has 0 heterocycles. The molecule has 0 bridgehead atoms. The van der Waals surface area contributed by atoms with Gasteiger partial charge in [0.05, 0.1) is 6.10 Å². The molecule has 84 valence electrons. The van der Waals surface area contributed by atoms with E-state index in [1.54, 1.807) is 0 Å². The number of aliphatic hydroxyl groups excluding tert-OH is 1. The summed E-state index contributed by atoms with van der Waals surface area (Å²) in [6, 6.07) is 6.03. The maximum Gasteiger partial charge on any atom is 0.122 e. The Labute approximate surface area is 90.9 Å². The summed E-state index contributed by atoms with van der Waals surface area (Å²) in [7, 11) is 0. The molecular weight excluding hydrogens is 190 g/mol. The average molecular weight is 209 g/mol. The Hall–Kier alpha value is -1.06. The normalized spacial score (nSPS) is 12.5. The van der Waals surface area contributed by atoms with Gasteiger partial charge in [-0.3, -0.25) is 0 Å². The van der Waals surface area contributed by atoms with Gasteiger partial charge in [0, 0.05) is 0 Å². The van der Waals surface area contributed by atoms with Gasteiger partial charge < -0.3 is 15.6 Å². The molecule has 1 atom stereocenters. The SMILES string of the molecule is Cc1ccc(C)c(OCC(O)CCN)c1. The lowest BCUT2D eigenvalue weighted by Crippen LogP contribution is -2.21. The van der Waals surface area contributed by atoms with Gasteiger partial charge >= 0.3 is 0 Å². The third-order valence-corrected chi connectivity index (χ3v) is 2.27. The van der Waals surface area contributed by atoms with Crippen LogP contribution >= 0.6 is 0 Å². The van der Waals surface area contributed by atoms with E-state index in [0.29, 0.717) is 19.6 Å². The molecule has 1 aromatic rings. The molecule has 3 heteroatoms. The molecule has 0 amide bonds. The highest BCUT2D eigenvalue weighted by atomic mass is 16.5. The van der Waals surface area contributed by atoms with E-state index in [4.69, 9.17) is 10.5 Å². The van der Waals surface area contributed by atoms with Crippen molar-refractivity contribution in [2.24, 2.45) is 5.73 Å². The number of aliphatic hydroxyl groups is 1. The topological polar surface area (TPSA) is 55.5 Å². The number of aryl methyl sites for hydroxylation is 2. The molecule has 1 aromatic carbocycles. The lowest BCUT2D eigenvalue weighted by atomic mass is 10.1. The number of nitrogens with two attached hydrogens (primary N) is 1. The molecule has 0 aliphatic carbocycles. The van der Waals surface area contributed by atoms with E-state index in [2.05, 4.69) is 0 Å². The van der Waals surface area contributed by atoms with Gasteiger partial charge in [-0.1, -0.05) is 12.1 Å². The fourth-order valence-corrected chi connectivity index (χ4v) is 1.32. The Balaban J connectivity index is 2.53. The van der Waals surface area contributed by atoms with Gasteiger partial charge in [-0.15, -0.1) is 0 Å². The third kappa shape index (κ3) is 3.90. The van der Waals surface area contributed by atoms with Crippen LogP contribution in [-0.2, 0) is 0 Å². The first-order valence-corrected chi connectivity index (χ1v) is 5.21. The number of benzene rings is 1. The van der Waals surface area contributed by atoms with Gasteiger partial charge in [0.1, 0.15) is 12.4 Å². The van der Waals surface area contributed by atoms with Crippen LogP contribution in [0.25, 0.3) is 0 Å². The molecule has 0 spiro atoms. The van der Waals surface area contributed by atoms with E-state index < -0.39 is 6.10 Å². The molecule has 0 radical (unpaired) electrons. The van der Waals surface area contributed by atoms with E-state index in [1.807, 2.05) is 32.0 Å². The number of hydrogen-bond acceptors (Lipinski definition) is 3. The summed E-state index contributed by atoms with van der Waals surface area (Å²) in [5, 5.41) is 9.47. The zero-order valence-corrected chi connectivity index (χ0v) is 9.36. The van der Waals surface area contributed by atoms with Crippen LogP contribution in [0.4, 0.5) is 0 Å². The fourth-order valence-electron chi connectivity index (χ4n) is 1.32. The highest BCUT2D eigenvalue weighted by molar-refractivity contribution is 5.35. The first-order chi connectivity index (χ1) is 7.13. The number of rotatable bonds is 5. The van der Waals surface area contributed by atoms with E-state index in [9.17, 15) is 5.11 Å². The summed E-state index contributed by atoms with van der Waals surface area (Å²) in [6.45, 7) is 4.80. The monoisotopic (exact) mass is 209 g/mol. The van der Waals surface area contributed by atoms with Crippen LogP contribution in [0.5, 0.6) is 5.75 Å². The van der Waals surface area contributed by atoms with Crippen LogP contribution in [0.3, 0.4) is 0 Å². The van der Waals surface area contributed by atoms with Crippen molar-refractivity contribution in [3.8, 4) is 5.75 Å². The average Bonchev–Trinajstić information content (AvgIpc) is 2.20. The summed E-state index contributed by atoms with van der Waals surface area (Å²) in [6.07, 6.45) is 0.0973. The molecule has 1 unspecified atom stereocenters. The quantitative estimate of drug-likeness (QED) is 0.770. The Kier molecular flexibility index (Phi) is 4.59. The molecule has 3 N–H and O–H groups in total. The molecule has 1 rings (SSSR count).